The molecule has 21 heavy (non-hydrogen) atoms. The highest BCUT2D eigenvalue weighted by Crippen LogP contribution is 2.38. The van der Waals surface area contributed by atoms with Crippen LogP contribution >= 0.6 is 11.3 Å². The fraction of sp³-hybridized carbons (Fsp3) is 0.812. The van der Waals surface area contributed by atoms with Gasteiger partial charge in [-0.05, 0) is 37.8 Å². The van der Waals surface area contributed by atoms with E-state index >= 15 is 0 Å². The molecule has 0 radical (unpaired) electrons. The van der Waals surface area contributed by atoms with Crippen molar-refractivity contribution in [2.24, 2.45) is 11.1 Å². The first kappa shape index (κ1) is 15.3. The van der Waals surface area contributed by atoms with Gasteiger partial charge in [0.05, 0.1) is 0 Å². The average Bonchev–Trinajstić information content (AvgIpc) is 3.09. The first-order valence-corrected chi connectivity index (χ1v) is 9.26. The quantitative estimate of drug-likeness (QED) is 0.908. The van der Waals surface area contributed by atoms with Gasteiger partial charge in [-0.1, -0.05) is 19.3 Å². The summed E-state index contributed by atoms with van der Waals surface area (Å²) in [4.78, 5) is 9.46. The smallest absolute Gasteiger partial charge is 0.185 e. The van der Waals surface area contributed by atoms with E-state index in [4.69, 9.17) is 5.73 Å². The van der Waals surface area contributed by atoms with Crippen molar-refractivity contribution in [2.75, 3.05) is 44.2 Å². The molecule has 2 aliphatic rings. The molecule has 118 valence electrons. The molecule has 1 aromatic rings. The van der Waals surface area contributed by atoms with Crippen LogP contribution in [0.15, 0.2) is 11.6 Å². The van der Waals surface area contributed by atoms with Crippen LogP contribution in [0.25, 0.3) is 0 Å². The predicted octanol–water partition coefficient (Wildman–Crippen LogP) is 2.56. The highest BCUT2D eigenvalue weighted by molar-refractivity contribution is 7.13. The Morgan fingerprint density at radius 2 is 1.90 bits per heavy atom. The van der Waals surface area contributed by atoms with Crippen molar-refractivity contribution < 1.29 is 0 Å². The second-order valence-electron chi connectivity index (χ2n) is 6.66. The van der Waals surface area contributed by atoms with E-state index in [1.807, 2.05) is 6.20 Å². The molecule has 0 amide bonds. The minimum atomic E-state index is 0.449. The standard InChI is InChI=1S/C16H28N4S/c17-14-16(4-2-1-3-5-16)6-8-19-9-11-20(12-10-19)15-18-7-13-21-15/h7,13H,1-6,8-12,14,17H2. The zero-order valence-electron chi connectivity index (χ0n) is 13.0. The molecule has 0 bridgehead atoms. The second-order valence-corrected chi connectivity index (χ2v) is 7.53. The molecular weight excluding hydrogens is 280 g/mol. The van der Waals surface area contributed by atoms with Gasteiger partial charge in [0.25, 0.3) is 0 Å². The van der Waals surface area contributed by atoms with E-state index in [2.05, 4.69) is 20.2 Å². The van der Waals surface area contributed by atoms with Crippen LogP contribution in [0.5, 0.6) is 0 Å². The van der Waals surface area contributed by atoms with Gasteiger partial charge in [0.1, 0.15) is 0 Å². The fourth-order valence-electron chi connectivity index (χ4n) is 3.79. The summed E-state index contributed by atoms with van der Waals surface area (Å²) in [7, 11) is 0. The summed E-state index contributed by atoms with van der Waals surface area (Å²) >= 11 is 1.75. The van der Waals surface area contributed by atoms with Crippen LogP contribution in [-0.4, -0.2) is 49.2 Å². The Hall–Kier alpha value is -0.650. The molecule has 3 rings (SSSR count). The van der Waals surface area contributed by atoms with Crippen molar-refractivity contribution in [3.05, 3.63) is 11.6 Å². The topological polar surface area (TPSA) is 45.4 Å². The maximum atomic E-state index is 6.11. The molecule has 2 fully saturated rings. The van der Waals surface area contributed by atoms with Crippen molar-refractivity contribution in [3.8, 4) is 0 Å². The van der Waals surface area contributed by atoms with Crippen molar-refractivity contribution in [3.63, 3.8) is 0 Å². The molecule has 1 aliphatic heterocycles. The SMILES string of the molecule is NCC1(CCN2CCN(c3nccs3)CC2)CCCCC1. The summed E-state index contributed by atoms with van der Waals surface area (Å²) in [5.41, 5.74) is 6.56. The van der Waals surface area contributed by atoms with E-state index in [0.29, 0.717) is 5.41 Å². The second kappa shape index (κ2) is 7.07. The fourth-order valence-corrected chi connectivity index (χ4v) is 4.48. The van der Waals surface area contributed by atoms with Gasteiger partial charge in [0.15, 0.2) is 5.13 Å². The number of anilines is 1. The predicted molar refractivity (Wildman–Crippen MR) is 90.0 cm³/mol. The highest BCUT2D eigenvalue weighted by atomic mass is 32.1. The highest BCUT2D eigenvalue weighted by Gasteiger charge is 2.31. The lowest BCUT2D eigenvalue weighted by molar-refractivity contribution is 0.143. The largest absolute Gasteiger partial charge is 0.346 e. The Morgan fingerprint density at radius 1 is 1.14 bits per heavy atom. The van der Waals surface area contributed by atoms with Crippen LogP contribution in [0.2, 0.25) is 0 Å². The third-order valence-corrected chi connectivity index (χ3v) is 6.20. The van der Waals surface area contributed by atoms with Crippen LogP contribution in [-0.2, 0) is 0 Å². The number of thiazole rings is 1. The van der Waals surface area contributed by atoms with Gasteiger partial charge in [-0.3, -0.25) is 4.90 Å². The number of aromatic nitrogens is 1. The van der Waals surface area contributed by atoms with Crippen LogP contribution in [0.3, 0.4) is 0 Å². The number of hydrogen-bond acceptors (Lipinski definition) is 5. The average molecular weight is 308 g/mol. The molecule has 1 saturated heterocycles. The minimum absolute atomic E-state index is 0.449. The minimum Gasteiger partial charge on any atom is -0.346 e. The molecule has 0 spiro atoms. The molecular formula is C16H28N4S. The van der Waals surface area contributed by atoms with E-state index in [9.17, 15) is 0 Å². The van der Waals surface area contributed by atoms with E-state index in [1.54, 1.807) is 11.3 Å². The summed E-state index contributed by atoms with van der Waals surface area (Å²) in [5, 5.41) is 3.25. The number of nitrogens with zero attached hydrogens (tertiary/aromatic N) is 3. The normalized spacial score (nSPS) is 23.4. The Bertz CT molecular complexity index is 406. The van der Waals surface area contributed by atoms with Crippen LogP contribution < -0.4 is 10.6 Å². The summed E-state index contributed by atoms with van der Waals surface area (Å²) in [6, 6.07) is 0. The molecule has 1 aliphatic carbocycles. The van der Waals surface area contributed by atoms with Gasteiger partial charge in [0, 0.05) is 37.8 Å². The summed E-state index contributed by atoms with van der Waals surface area (Å²) in [6.45, 7) is 6.67. The van der Waals surface area contributed by atoms with Crippen molar-refractivity contribution >= 4 is 16.5 Å². The summed E-state index contributed by atoms with van der Waals surface area (Å²) < 4.78 is 0. The molecule has 1 aromatic heterocycles. The van der Waals surface area contributed by atoms with Crippen LogP contribution in [0.4, 0.5) is 5.13 Å². The molecule has 0 unspecified atom stereocenters. The molecule has 1 saturated carbocycles. The Balaban J connectivity index is 1.45. The van der Waals surface area contributed by atoms with E-state index in [-0.39, 0.29) is 0 Å². The third kappa shape index (κ3) is 3.76. The molecule has 2 heterocycles. The van der Waals surface area contributed by atoms with E-state index in [1.165, 1.54) is 63.3 Å². The third-order valence-electron chi connectivity index (χ3n) is 5.37. The van der Waals surface area contributed by atoms with Gasteiger partial charge >= 0.3 is 0 Å². The monoisotopic (exact) mass is 308 g/mol. The molecule has 5 heteroatoms. The van der Waals surface area contributed by atoms with Gasteiger partial charge in [0.2, 0.25) is 0 Å². The number of nitrogens with two attached hydrogens (primary N) is 1. The lowest BCUT2D eigenvalue weighted by Gasteiger charge is -2.40. The van der Waals surface area contributed by atoms with Gasteiger partial charge in [-0.15, -0.1) is 11.3 Å². The molecule has 0 atom stereocenters. The van der Waals surface area contributed by atoms with Gasteiger partial charge in [-0.25, -0.2) is 4.98 Å². The van der Waals surface area contributed by atoms with Crippen LogP contribution in [0.1, 0.15) is 38.5 Å². The van der Waals surface area contributed by atoms with Crippen molar-refractivity contribution in [1.82, 2.24) is 9.88 Å². The molecule has 2 N–H and O–H groups in total. The number of hydrogen-bond donors (Lipinski definition) is 1. The van der Waals surface area contributed by atoms with Gasteiger partial charge in [-0.2, -0.15) is 0 Å². The molecule has 0 aromatic carbocycles. The number of piperazine rings is 1. The maximum Gasteiger partial charge on any atom is 0.185 e. The molecule has 4 nitrogen and oxygen atoms in total. The Labute approximate surface area is 132 Å². The first-order valence-electron chi connectivity index (χ1n) is 8.38. The first-order chi connectivity index (χ1) is 10.3. The lowest BCUT2D eigenvalue weighted by Crippen LogP contribution is -2.48. The van der Waals surface area contributed by atoms with Gasteiger partial charge < -0.3 is 10.6 Å². The summed E-state index contributed by atoms with van der Waals surface area (Å²) in [6.07, 6.45) is 10.1. The number of rotatable bonds is 5. The van der Waals surface area contributed by atoms with Crippen molar-refractivity contribution in [1.29, 1.82) is 0 Å². The lowest BCUT2D eigenvalue weighted by atomic mass is 9.72. The maximum absolute atomic E-state index is 6.11. The van der Waals surface area contributed by atoms with Crippen molar-refractivity contribution in [2.45, 2.75) is 38.5 Å². The zero-order valence-corrected chi connectivity index (χ0v) is 13.8. The zero-order chi connectivity index (χ0) is 14.5. The van der Waals surface area contributed by atoms with Crippen LogP contribution in [0, 0.1) is 5.41 Å². The van der Waals surface area contributed by atoms with E-state index in [0.717, 1.165) is 19.6 Å². The summed E-state index contributed by atoms with van der Waals surface area (Å²) in [5.74, 6) is 0. The van der Waals surface area contributed by atoms with E-state index < -0.39 is 0 Å². The Morgan fingerprint density at radius 3 is 2.52 bits per heavy atom. The Kier molecular flexibility index (Phi) is 5.14.